The van der Waals surface area contributed by atoms with E-state index in [-0.39, 0.29) is 17.9 Å². The topological polar surface area (TPSA) is 105 Å². The van der Waals surface area contributed by atoms with Crippen LogP contribution >= 0.6 is 0 Å². The standard InChI is InChI=1S/C27H24N2O6/c1-15-22(18-8-4-5-9-19(18)28-15)24-23(25(30)16-10-11-20(33-2)21(13-16)34-3)26(31)27(32)29(24)14-17-7-6-12-35-17/h4-13,24,28,30H,14H2,1-3H3/b25-23+. The van der Waals surface area contributed by atoms with Crippen molar-refractivity contribution in [2.45, 2.75) is 19.5 Å². The summed E-state index contributed by atoms with van der Waals surface area (Å²) in [5.41, 5.74) is 2.74. The van der Waals surface area contributed by atoms with Gasteiger partial charge in [0.15, 0.2) is 11.5 Å². The number of carbonyl (C=O) groups is 2. The third-order valence-electron chi connectivity index (χ3n) is 6.32. The summed E-state index contributed by atoms with van der Waals surface area (Å²) in [5, 5.41) is 12.3. The number of H-pyrrole nitrogens is 1. The molecule has 1 saturated heterocycles. The number of ketones is 1. The van der Waals surface area contributed by atoms with Crippen molar-refractivity contribution in [2.75, 3.05) is 14.2 Å². The third-order valence-corrected chi connectivity index (χ3v) is 6.32. The van der Waals surface area contributed by atoms with Crippen LogP contribution in [-0.2, 0) is 16.1 Å². The SMILES string of the molecule is COc1ccc(/C(O)=C2\C(=O)C(=O)N(Cc3ccco3)C2c2c(C)[nH]c3ccccc23)cc1OC. The summed E-state index contributed by atoms with van der Waals surface area (Å²) in [7, 11) is 3.00. The summed E-state index contributed by atoms with van der Waals surface area (Å²) in [4.78, 5) is 31.4. The molecule has 5 rings (SSSR count). The molecule has 4 aromatic rings. The van der Waals surface area contributed by atoms with Gasteiger partial charge < -0.3 is 28.9 Å². The van der Waals surface area contributed by atoms with Gasteiger partial charge in [0.05, 0.1) is 38.6 Å². The summed E-state index contributed by atoms with van der Waals surface area (Å²) in [6, 6.07) is 15.1. The molecule has 8 nitrogen and oxygen atoms in total. The number of hydrogen-bond acceptors (Lipinski definition) is 6. The maximum absolute atomic E-state index is 13.4. The highest BCUT2D eigenvalue weighted by atomic mass is 16.5. The quantitative estimate of drug-likeness (QED) is 0.239. The van der Waals surface area contributed by atoms with Gasteiger partial charge in [-0.05, 0) is 43.3 Å². The summed E-state index contributed by atoms with van der Waals surface area (Å²) in [6.07, 6.45) is 1.52. The van der Waals surface area contributed by atoms with E-state index in [1.165, 1.54) is 25.4 Å². The van der Waals surface area contributed by atoms with E-state index in [1.807, 2.05) is 31.2 Å². The van der Waals surface area contributed by atoms with E-state index in [4.69, 9.17) is 13.9 Å². The number of rotatable bonds is 6. The summed E-state index contributed by atoms with van der Waals surface area (Å²) in [5.74, 6) is -0.370. The van der Waals surface area contributed by atoms with Crippen LogP contribution in [0.4, 0.5) is 0 Å². The first kappa shape index (κ1) is 22.3. The predicted molar refractivity (Wildman–Crippen MR) is 129 cm³/mol. The van der Waals surface area contributed by atoms with Gasteiger partial charge in [-0.1, -0.05) is 18.2 Å². The molecule has 3 heterocycles. The van der Waals surface area contributed by atoms with E-state index in [0.717, 1.165) is 22.2 Å². The number of furan rings is 1. The number of para-hydroxylation sites is 1. The molecule has 178 valence electrons. The fourth-order valence-corrected chi connectivity index (χ4v) is 4.70. The Kier molecular flexibility index (Phi) is 5.56. The van der Waals surface area contributed by atoms with Crippen molar-refractivity contribution in [3.8, 4) is 11.5 Å². The Morgan fingerprint density at radius 1 is 1.06 bits per heavy atom. The number of amides is 1. The lowest BCUT2D eigenvalue weighted by molar-refractivity contribution is -0.140. The lowest BCUT2D eigenvalue weighted by atomic mass is 9.93. The number of likely N-dealkylation sites (tertiary alicyclic amines) is 1. The molecule has 2 aromatic heterocycles. The molecule has 0 spiro atoms. The summed E-state index contributed by atoms with van der Waals surface area (Å²) < 4.78 is 16.1. The van der Waals surface area contributed by atoms with Crippen LogP contribution in [0.15, 0.2) is 70.9 Å². The van der Waals surface area contributed by atoms with Crippen LogP contribution in [0.1, 0.15) is 28.6 Å². The van der Waals surface area contributed by atoms with Gasteiger partial charge in [0, 0.05) is 27.7 Å². The predicted octanol–water partition coefficient (Wildman–Crippen LogP) is 4.71. The third kappa shape index (κ3) is 3.63. The Bertz CT molecular complexity index is 1460. The number of fused-ring (bicyclic) bond motifs is 1. The van der Waals surface area contributed by atoms with Crippen LogP contribution in [0.5, 0.6) is 11.5 Å². The molecule has 1 unspecified atom stereocenters. The molecule has 1 fully saturated rings. The van der Waals surface area contributed by atoms with E-state index in [2.05, 4.69) is 4.98 Å². The van der Waals surface area contributed by atoms with Gasteiger partial charge in [-0.25, -0.2) is 0 Å². The number of Topliss-reactive ketones (excluding diaryl/α,β-unsaturated/α-hetero) is 1. The number of aryl methyl sites for hydroxylation is 1. The smallest absolute Gasteiger partial charge is 0.296 e. The van der Waals surface area contributed by atoms with Gasteiger partial charge in [0.1, 0.15) is 11.5 Å². The Labute approximate surface area is 201 Å². The zero-order chi connectivity index (χ0) is 24.7. The lowest BCUT2D eigenvalue weighted by Gasteiger charge is -2.25. The van der Waals surface area contributed by atoms with Gasteiger partial charge in [-0.3, -0.25) is 9.59 Å². The second-order valence-electron chi connectivity index (χ2n) is 8.29. The summed E-state index contributed by atoms with van der Waals surface area (Å²) in [6.45, 7) is 1.96. The Hall–Kier alpha value is -4.46. The minimum absolute atomic E-state index is 0.00151. The Balaban J connectivity index is 1.74. The van der Waals surface area contributed by atoms with Crippen LogP contribution in [0.3, 0.4) is 0 Å². The first-order chi connectivity index (χ1) is 16.9. The highest BCUT2D eigenvalue weighted by molar-refractivity contribution is 6.46. The molecule has 0 radical (unpaired) electrons. The number of nitrogens with one attached hydrogen (secondary N) is 1. The molecular formula is C27H24N2O6. The molecule has 0 saturated carbocycles. The van der Waals surface area contributed by atoms with Crippen molar-refractivity contribution < 1.29 is 28.6 Å². The molecule has 1 aliphatic heterocycles. The van der Waals surface area contributed by atoms with Crippen molar-refractivity contribution >= 4 is 28.4 Å². The second kappa shape index (κ2) is 8.72. The number of aliphatic hydroxyl groups is 1. The van der Waals surface area contributed by atoms with E-state index < -0.39 is 17.7 Å². The van der Waals surface area contributed by atoms with E-state index >= 15 is 0 Å². The largest absolute Gasteiger partial charge is 0.507 e. The fraction of sp³-hybridized carbons (Fsp3) is 0.185. The van der Waals surface area contributed by atoms with Crippen LogP contribution in [0.2, 0.25) is 0 Å². The number of carbonyl (C=O) groups excluding carboxylic acids is 2. The van der Waals surface area contributed by atoms with Crippen LogP contribution in [-0.4, -0.2) is 40.9 Å². The molecule has 1 amide bonds. The van der Waals surface area contributed by atoms with Crippen molar-refractivity contribution in [2.24, 2.45) is 0 Å². The van der Waals surface area contributed by atoms with Crippen LogP contribution < -0.4 is 9.47 Å². The Morgan fingerprint density at radius 2 is 1.83 bits per heavy atom. The average molecular weight is 472 g/mol. The number of methoxy groups -OCH3 is 2. The summed E-state index contributed by atoms with van der Waals surface area (Å²) >= 11 is 0. The molecule has 1 atom stereocenters. The lowest BCUT2D eigenvalue weighted by Crippen LogP contribution is -2.29. The fourth-order valence-electron chi connectivity index (χ4n) is 4.70. The maximum Gasteiger partial charge on any atom is 0.296 e. The Morgan fingerprint density at radius 3 is 2.54 bits per heavy atom. The van der Waals surface area contributed by atoms with Crippen molar-refractivity contribution in [3.63, 3.8) is 0 Å². The first-order valence-electron chi connectivity index (χ1n) is 11.0. The number of aromatic amines is 1. The number of hydrogen-bond donors (Lipinski definition) is 2. The maximum atomic E-state index is 13.4. The van der Waals surface area contributed by atoms with E-state index in [0.29, 0.717) is 22.8 Å². The molecule has 2 aromatic carbocycles. The molecule has 8 heteroatoms. The van der Waals surface area contributed by atoms with Gasteiger partial charge in [-0.15, -0.1) is 0 Å². The molecule has 0 bridgehead atoms. The van der Waals surface area contributed by atoms with Gasteiger partial charge >= 0.3 is 0 Å². The van der Waals surface area contributed by atoms with E-state index in [1.54, 1.807) is 30.3 Å². The highest BCUT2D eigenvalue weighted by Crippen LogP contribution is 2.44. The van der Waals surface area contributed by atoms with Crippen LogP contribution in [0, 0.1) is 6.92 Å². The minimum atomic E-state index is -0.829. The first-order valence-corrected chi connectivity index (χ1v) is 11.0. The monoisotopic (exact) mass is 472 g/mol. The molecule has 1 aliphatic rings. The van der Waals surface area contributed by atoms with Crippen molar-refractivity contribution in [3.05, 3.63) is 89.0 Å². The molecule has 0 aliphatic carbocycles. The minimum Gasteiger partial charge on any atom is -0.507 e. The average Bonchev–Trinajstić information content (AvgIpc) is 3.56. The number of ether oxygens (including phenoxy) is 2. The second-order valence-corrected chi connectivity index (χ2v) is 8.29. The number of aromatic nitrogens is 1. The normalized spacial score (nSPS) is 17.3. The number of benzene rings is 2. The highest BCUT2D eigenvalue weighted by Gasteiger charge is 2.47. The molecule has 2 N–H and O–H groups in total. The van der Waals surface area contributed by atoms with Gasteiger partial charge in [-0.2, -0.15) is 0 Å². The van der Waals surface area contributed by atoms with Crippen molar-refractivity contribution in [1.29, 1.82) is 0 Å². The zero-order valence-electron chi connectivity index (χ0n) is 19.5. The molecule has 35 heavy (non-hydrogen) atoms. The number of nitrogens with zero attached hydrogens (tertiary/aromatic N) is 1. The molecular weight excluding hydrogens is 448 g/mol. The zero-order valence-corrected chi connectivity index (χ0v) is 19.5. The van der Waals surface area contributed by atoms with Crippen LogP contribution in [0.25, 0.3) is 16.7 Å². The van der Waals surface area contributed by atoms with Gasteiger partial charge in [0.25, 0.3) is 11.7 Å². The van der Waals surface area contributed by atoms with E-state index in [9.17, 15) is 14.7 Å². The van der Waals surface area contributed by atoms with Gasteiger partial charge in [0.2, 0.25) is 0 Å². The van der Waals surface area contributed by atoms with Crippen molar-refractivity contribution in [1.82, 2.24) is 9.88 Å². The number of aliphatic hydroxyl groups excluding tert-OH is 1.